The molecular formula is C14H17F2NO2S. The predicted molar refractivity (Wildman–Crippen MR) is 77.8 cm³/mol. The standard InChI is InChI=1S/C14H17F2NO2S/c1-8(2)7-19-14(20)5-10-4-13(17-9(3)18)12(16)6-11(10)15/h4,6,8H,5,7H2,1-3H3,(H,17,18). The van der Waals surface area contributed by atoms with E-state index in [0.717, 1.165) is 6.07 Å². The molecule has 1 aromatic carbocycles. The van der Waals surface area contributed by atoms with E-state index in [9.17, 15) is 13.6 Å². The average molecular weight is 301 g/mol. The van der Waals surface area contributed by atoms with Crippen LogP contribution in [0.2, 0.25) is 0 Å². The molecule has 110 valence electrons. The van der Waals surface area contributed by atoms with Crippen LogP contribution in [0.1, 0.15) is 26.3 Å². The van der Waals surface area contributed by atoms with Gasteiger partial charge in [-0.05, 0) is 29.8 Å². The molecule has 6 heteroatoms. The summed E-state index contributed by atoms with van der Waals surface area (Å²) in [6.45, 7) is 5.63. The van der Waals surface area contributed by atoms with Crippen LogP contribution in [0.25, 0.3) is 0 Å². The van der Waals surface area contributed by atoms with Crippen molar-refractivity contribution in [3.05, 3.63) is 29.3 Å². The summed E-state index contributed by atoms with van der Waals surface area (Å²) in [6, 6.07) is 1.96. The number of hydrogen-bond acceptors (Lipinski definition) is 3. The van der Waals surface area contributed by atoms with Crippen molar-refractivity contribution in [1.82, 2.24) is 0 Å². The summed E-state index contributed by atoms with van der Waals surface area (Å²) in [5.74, 6) is -1.66. The van der Waals surface area contributed by atoms with Gasteiger partial charge in [-0.2, -0.15) is 0 Å². The molecule has 1 amide bonds. The Kier molecular flexibility index (Phi) is 6.01. The van der Waals surface area contributed by atoms with E-state index in [1.54, 1.807) is 0 Å². The highest BCUT2D eigenvalue weighted by Gasteiger charge is 2.13. The molecule has 0 saturated carbocycles. The smallest absolute Gasteiger partial charge is 0.221 e. The van der Waals surface area contributed by atoms with Crippen LogP contribution in [0.15, 0.2) is 12.1 Å². The number of hydrogen-bond donors (Lipinski definition) is 1. The van der Waals surface area contributed by atoms with Crippen molar-refractivity contribution in [3.8, 4) is 0 Å². The third-order valence-electron chi connectivity index (χ3n) is 2.36. The van der Waals surface area contributed by atoms with Crippen LogP contribution in [0.3, 0.4) is 0 Å². The van der Waals surface area contributed by atoms with Crippen LogP contribution in [0.4, 0.5) is 14.5 Å². The van der Waals surface area contributed by atoms with E-state index in [1.165, 1.54) is 13.0 Å². The highest BCUT2D eigenvalue weighted by atomic mass is 32.1. The van der Waals surface area contributed by atoms with E-state index in [1.807, 2.05) is 13.8 Å². The number of benzene rings is 1. The molecule has 0 saturated heterocycles. The van der Waals surface area contributed by atoms with Crippen LogP contribution < -0.4 is 5.32 Å². The Hall–Kier alpha value is -1.56. The molecule has 0 fully saturated rings. The minimum atomic E-state index is -0.824. The first-order valence-corrected chi connectivity index (χ1v) is 6.61. The number of rotatable bonds is 5. The lowest BCUT2D eigenvalue weighted by atomic mass is 10.1. The maximum Gasteiger partial charge on any atom is 0.221 e. The fraction of sp³-hybridized carbons (Fsp3) is 0.429. The summed E-state index contributed by atoms with van der Waals surface area (Å²) >= 11 is 5.01. The van der Waals surface area contributed by atoms with E-state index in [-0.39, 0.29) is 22.7 Å². The fourth-order valence-corrected chi connectivity index (χ4v) is 1.70. The number of ether oxygens (including phenoxy) is 1. The average Bonchev–Trinajstić information content (AvgIpc) is 2.32. The normalized spacial score (nSPS) is 10.5. The van der Waals surface area contributed by atoms with Gasteiger partial charge in [0.2, 0.25) is 5.91 Å². The first-order valence-electron chi connectivity index (χ1n) is 6.20. The van der Waals surface area contributed by atoms with Crippen molar-refractivity contribution in [1.29, 1.82) is 0 Å². The Morgan fingerprint density at radius 1 is 1.35 bits per heavy atom. The molecule has 0 unspecified atom stereocenters. The number of carbonyl (C=O) groups excluding carboxylic acids is 1. The molecule has 0 bridgehead atoms. The Bertz CT molecular complexity index is 518. The van der Waals surface area contributed by atoms with Crippen molar-refractivity contribution >= 4 is 28.9 Å². The zero-order valence-corrected chi connectivity index (χ0v) is 12.4. The number of thiocarbonyl (C=S) groups is 1. The number of carbonyl (C=O) groups is 1. The number of anilines is 1. The van der Waals surface area contributed by atoms with Crippen LogP contribution in [-0.2, 0) is 16.0 Å². The van der Waals surface area contributed by atoms with Gasteiger partial charge in [0.25, 0.3) is 0 Å². The third-order valence-corrected chi connectivity index (χ3v) is 2.62. The molecular weight excluding hydrogens is 284 g/mol. The van der Waals surface area contributed by atoms with Gasteiger partial charge in [0.15, 0.2) is 5.05 Å². The summed E-state index contributed by atoms with van der Waals surface area (Å²) in [6.07, 6.45) is 0.0563. The fourth-order valence-electron chi connectivity index (χ4n) is 1.48. The Labute approximate surface area is 122 Å². The summed E-state index contributed by atoms with van der Waals surface area (Å²) in [7, 11) is 0. The Morgan fingerprint density at radius 2 is 2.00 bits per heavy atom. The topological polar surface area (TPSA) is 38.3 Å². The lowest BCUT2D eigenvalue weighted by Crippen LogP contribution is -2.13. The summed E-state index contributed by atoms with van der Waals surface area (Å²) in [5, 5.41) is 2.53. The minimum Gasteiger partial charge on any atom is -0.486 e. The van der Waals surface area contributed by atoms with Crippen LogP contribution in [0.5, 0.6) is 0 Å². The second-order valence-electron chi connectivity index (χ2n) is 4.86. The molecule has 0 aliphatic rings. The van der Waals surface area contributed by atoms with Crippen molar-refractivity contribution in [2.24, 2.45) is 5.92 Å². The number of halogens is 2. The molecule has 0 aromatic heterocycles. The van der Waals surface area contributed by atoms with Gasteiger partial charge >= 0.3 is 0 Å². The van der Waals surface area contributed by atoms with Gasteiger partial charge < -0.3 is 10.1 Å². The largest absolute Gasteiger partial charge is 0.486 e. The predicted octanol–water partition coefficient (Wildman–Crippen LogP) is 3.47. The molecule has 0 heterocycles. The van der Waals surface area contributed by atoms with Crippen molar-refractivity contribution < 1.29 is 18.3 Å². The quantitative estimate of drug-likeness (QED) is 0.846. The van der Waals surface area contributed by atoms with Gasteiger partial charge in [-0.1, -0.05) is 13.8 Å². The summed E-state index contributed by atoms with van der Waals surface area (Å²) in [4.78, 5) is 10.9. The molecule has 1 aromatic rings. The maximum atomic E-state index is 13.7. The summed E-state index contributed by atoms with van der Waals surface area (Å²) in [5.41, 5.74) is 0.115. The second-order valence-corrected chi connectivity index (χ2v) is 5.31. The maximum absolute atomic E-state index is 13.7. The minimum absolute atomic E-state index is 0.0563. The molecule has 20 heavy (non-hydrogen) atoms. The SMILES string of the molecule is CC(=O)Nc1cc(CC(=S)OCC(C)C)c(F)cc1F. The van der Waals surface area contributed by atoms with Crippen molar-refractivity contribution in [2.75, 3.05) is 11.9 Å². The molecule has 0 aliphatic heterocycles. The van der Waals surface area contributed by atoms with Gasteiger partial charge in [-0.25, -0.2) is 8.78 Å². The zero-order chi connectivity index (χ0) is 15.3. The number of amides is 1. The van der Waals surface area contributed by atoms with Gasteiger partial charge in [-0.15, -0.1) is 0 Å². The van der Waals surface area contributed by atoms with E-state index in [0.29, 0.717) is 12.5 Å². The third kappa shape index (κ3) is 5.21. The van der Waals surface area contributed by atoms with Crippen LogP contribution >= 0.6 is 12.2 Å². The van der Waals surface area contributed by atoms with Crippen molar-refractivity contribution in [2.45, 2.75) is 27.2 Å². The van der Waals surface area contributed by atoms with E-state index < -0.39 is 17.5 Å². The zero-order valence-electron chi connectivity index (χ0n) is 11.6. The second kappa shape index (κ2) is 7.28. The first-order chi connectivity index (χ1) is 9.29. The molecule has 0 atom stereocenters. The van der Waals surface area contributed by atoms with Gasteiger partial charge in [0.1, 0.15) is 11.6 Å². The van der Waals surface area contributed by atoms with Gasteiger partial charge in [0, 0.05) is 19.4 Å². The van der Waals surface area contributed by atoms with Gasteiger partial charge in [-0.3, -0.25) is 4.79 Å². The highest BCUT2D eigenvalue weighted by Crippen LogP contribution is 2.20. The summed E-state index contributed by atoms with van der Waals surface area (Å²) < 4.78 is 32.4. The van der Waals surface area contributed by atoms with Crippen LogP contribution in [-0.4, -0.2) is 17.6 Å². The monoisotopic (exact) mass is 301 g/mol. The number of nitrogens with one attached hydrogen (secondary N) is 1. The molecule has 1 rings (SSSR count). The molecule has 3 nitrogen and oxygen atoms in total. The van der Waals surface area contributed by atoms with E-state index in [4.69, 9.17) is 17.0 Å². The molecule has 1 N–H and O–H groups in total. The lowest BCUT2D eigenvalue weighted by Gasteiger charge is -2.12. The highest BCUT2D eigenvalue weighted by molar-refractivity contribution is 7.80. The molecule has 0 spiro atoms. The van der Waals surface area contributed by atoms with Gasteiger partial charge in [0.05, 0.1) is 12.3 Å². The molecule has 0 aliphatic carbocycles. The van der Waals surface area contributed by atoms with Crippen molar-refractivity contribution in [3.63, 3.8) is 0 Å². The first kappa shape index (κ1) is 16.5. The Morgan fingerprint density at radius 3 is 2.55 bits per heavy atom. The molecule has 0 radical (unpaired) electrons. The Balaban J connectivity index is 2.83. The lowest BCUT2D eigenvalue weighted by molar-refractivity contribution is -0.114. The van der Waals surface area contributed by atoms with Crippen LogP contribution in [0, 0.1) is 17.6 Å². The van der Waals surface area contributed by atoms with E-state index in [2.05, 4.69) is 5.32 Å². The van der Waals surface area contributed by atoms with E-state index >= 15 is 0 Å².